The topological polar surface area (TPSA) is 72.2 Å². The van der Waals surface area contributed by atoms with Gasteiger partial charge in [0.15, 0.2) is 0 Å². The van der Waals surface area contributed by atoms with Gasteiger partial charge in [0.1, 0.15) is 16.8 Å². The first kappa shape index (κ1) is 11.2. The van der Waals surface area contributed by atoms with E-state index >= 15 is 0 Å². The fraction of sp³-hybridized carbons (Fsp3) is 0. The molecule has 0 aliphatic carbocycles. The lowest BCUT2D eigenvalue weighted by molar-refractivity contribution is 0.420. The molecule has 7 heteroatoms. The summed E-state index contributed by atoms with van der Waals surface area (Å²) in [5, 5.41) is 3.41. The molecule has 2 rings (SSSR count). The van der Waals surface area contributed by atoms with E-state index in [4.69, 9.17) is 0 Å². The molecule has 84 valence electrons. The number of hydrogen-bond donors (Lipinski definition) is 1. The van der Waals surface area contributed by atoms with Gasteiger partial charge in [-0.25, -0.2) is 8.42 Å². The number of halogens is 1. The second-order valence-corrected chi connectivity index (χ2v) is 5.45. The fourth-order valence-corrected chi connectivity index (χ4v) is 3.16. The molecule has 0 atom stereocenters. The Morgan fingerprint density at radius 3 is 2.69 bits per heavy atom. The first-order chi connectivity index (χ1) is 7.59. The van der Waals surface area contributed by atoms with Gasteiger partial charge in [-0.15, -0.1) is 0 Å². The molecule has 16 heavy (non-hydrogen) atoms. The number of nitrogens with one attached hydrogen (secondary N) is 1. The number of nitrogens with zero attached hydrogens (tertiary/aromatic N) is 1. The molecule has 1 aromatic carbocycles. The smallest absolute Gasteiger partial charge is 0.263 e. The lowest BCUT2D eigenvalue weighted by Gasteiger charge is -2.06. The van der Waals surface area contributed by atoms with Crippen LogP contribution in [0.5, 0.6) is 0 Å². The highest BCUT2D eigenvalue weighted by molar-refractivity contribution is 9.10. The van der Waals surface area contributed by atoms with Crippen LogP contribution in [0.2, 0.25) is 0 Å². The largest absolute Gasteiger partial charge is 0.362 e. The Hall–Kier alpha value is -1.34. The van der Waals surface area contributed by atoms with E-state index in [9.17, 15) is 8.42 Å². The molecule has 0 saturated carbocycles. The predicted molar refractivity (Wildman–Crippen MR) is 61.5 cm³/mol. The molecule has 0 aliphatic rings. The first-order valence-electron chi connectivity index (χ1n) is 4.26. The van der Waals surface area contributed by atoms with Crippen molar-refractivity contribution in [3.8, 4) is 0 Å². The normalized spacial score (nSPS) is 11.3. The monoisotopic (exact) mass is 302 g/mol. The van der Waals surface area contributed by atoms with E-state index in [0.29, 0.717) is 4.47 Å². The van der Waals surface area contributed by atoms with Gasteiger partial charge in [0.25, 0.3) is 10.0 Å². The fourth-order valence-electron chi connectivity index (χ4n) is 1.13. The van der Waals surface area contributed by atoms with Gasteiger partial charge in [0.05, 0.1) is 6.20 Å². The molecule has 2 aromatic rings. The number of aromatic nitrogens is 1. The summed E-state index contributed by atoms with van der Waals surface area (Å²) >= 11 is 3.18. The third-order valence-electron chi connectivity index (χ3n) is 1.81. The minimum atomic E-state index is -3.61. The zero-order valence-corrected chi connectivity index (χ0v) is 10.3. The summed E-state index contributed by atoms with van der Waals surface area (Å²) in [5.41, 5.74) is 0.288. The summed E-state index contributed by atoms with van der Waals surface area (Å²) in [6, 6.07) is 6.54. The molecule has 0 unspecified atom stereocenters. The number of anilines is 1. The van der Waals surface area contributed by atoms with Crippen molar-refractivity contribution in [3.05, 3.63) is 41.2 Å². The van der Waals surface area contributed by atoms with E-state index in [1.807, 2.05) is 0 Å². The third kappa shape index (κ3) is 2.25. The summed E-state index contributed by atoms with van der Waals surface area (Å²) in [7, 11) is -3.61. The average molecular weight is 303 g/mol. The Bertz CT molecular complexity index is 581. The van der Waals surface area contributed by atoms with E-state index in [0.717, 1.165) is 0 Å². The maximum Gasteiger partial charge on any atom is 0.263 e. The van der Waals surface area contributed by atoms with Crippen molar-refractivity contribution in [1.82, 2.24) is 5.16 Å². The van der Waals surface area contributed by atoms with Crippen LogP contribution in [-0.2, 0) is 10.0 Å². The Morgan fingerprint density at radius 2 is 2.06 bits per heavy atom. The highest BCUT2D eigenvalue weighted by Crippen LogP contribution is 2.23. The van der Waals surface area contributed by atoms with E-state index in [1.54, 1.807) is 18.2 Å². The zero-order valence-electron chi connectivity index (χ0n) is 7.92. The molecule has 0 saturated heterocycles. The molecule has 1 heterocycles. The summed E-state index contributed by atoms with van der Waals surface area (Å²) in [6.07, 6.45) is 2.50. The number of hydrogen-bond acceptors (Lipinski definition) is 4. The van der Waals surface area contributed by atoms with Gasteiger partial charge in [-0.1, -0.05) is 17.3 Å². The van der Waals surface area contributed by atoms with Crippen LogP contribution in [0.3, 0.4) is 0 Å². The molecule has 1 aromatic heterocycles. The zero-order chi connectivity index (χ0) is 11.6. The second kappa shape index (κ2) is 4.26. The minimum Gasteiger partial charge on any atom is -0.362 e. The Kier molecular flexibility index (Phi) is 2.97. The SMILES string of the molecule is O=S(=O)(Nc1cnoc1)c1ccccc1Br. The quantitative estimate of drug-likeness (QED) is 0.944. The van der Waals surface area contributed by atoms with Crippen LogP contribution in [0.25, 0.3) is 0 Å². The van der Waals surface area contributed by atoms with Crippen molar-refractivity contribution in [3.63, 3.8) is 0 Å². The van der Waals surface area contributed by atoms with Crippen LogP contribution < -0.4 is 4.72 Å². The maximum absolute atomic E-state index is 11.9. The van der Waals surface area contributed by atoms with Gasteiger partial charge in [0.2, 0.25) is 0 Å². The van der Waals surface area contributed by atoms with Crippen molar-refractivity contribution in [2.24, 2.45) is 0 Å². The van der Waals surface area contributed by atoms with E-state index in [1.165, 1.54) is 18.5 Å². The summed E-state index contributed by atoms with van der Waals surface area (Å²) in [5.74, 6) is 0. The van der Waals surface area contributed by atoms with Crippen molar-refractivity contribution in [2.45, 2.75) is 4.90 Å². The van der Waals surface area contributed by atoms with Gasteiger partial charge < -0.3 is 4.52 Å². The van der Waals surface area contributed by atoms with Gasteiger partial charge >= 0.3 is 0 Å². The van der Waals surface area contributed by atoms with Gasteiger partial charge in [-0.05, 0) is 28.1 Å². The van der Waals surface area contributed by atoms with Crippen molar-refractivity contribution >= 4 is 31.6 Å². The van der Waals surface area contributed by atoms with Gasteiger partial charge in [-0.3, -0.25) is 4.72 Å². The lowest BCUT2D eigenvalue weighted by Crippen LogP contribution is -2.12. The molecule has 0 amide bonds. The second-order valence-electron chi connectivity index (χ2n) is 2.95. The molecular weight excluding hydrogens is 296 g/mol. The van der Waals surface area contributed by atoms with Gasteiger partial charge in [0, 0.05) is 4.47 Å². The van der Waals surface area contributed by atoms with Crippen molar-refractivity contribution < 1.29 is 12.9 Å². The third-order valence-corrected chi connectivity index (χ3v) is 4.20. The molecule has 0 radical (unpaired) electrons. The number of benzene rings is 1. The van der Waals surface area contributed by atoms with E-state index in [-0.39, 0.29) is 10.6 Å². The van der Waals surface area contributed by atoms with Crippen LogP contribution >= 0.6 is 15.9 Å². The van der Waals surface area contributed by atoms with Crippen LogP contribution in [0.4, 0.5) is 5.69 Å². The predicted octanol–water partition coefficient (Wildman–Crippen LogP) is 2.24. The molecule has 1 N–H and O–H groups in total. The molecule has 0 bridgehead atoms. The average Bonchev–Trinajstić information content (AvgIpc) is 2.70. The molecule has 5 nitrogen and oxygen atoms in total. The van der Waals surface area contributed by atoms with Crippen LogP contribution in [-0.4, -0.2) is 13.6 Å². The lowest BCUT2D eigenvalue weighted by atomic mass is 10.4. The van der Waals surface area contributed by atoms with Gasteiger partial charge in [-0.2, -0.15) is 0 Å². The number of rotatable bonds is 3. The molecule has 0 aliphatic heterocycles. The Morgan fingerprint density at radius 1 is 1.31 bits per heavy atom. The van der Waals surface area contributed by atoms with E-state index in [2.05, 4.69) is 30.3 Å². The molecule has 0 spiro atoms. The molecular formula is C9H7BrN2O3S. The summed E-state index contributed by atoms with van der Waals surface area (Å²) < 4.78 is 31.2. The van der Waals surface area contributed by atoms with Crippen LogP contribution in [0.1, 0.15) is 0 Å². The van der Waals surface area contributed by atoms with Crippen LogP contribution in [0, 0.1) is 0 Å². The summed E-state index contributed by atoms with van der Waals surface area (Å²) in [6.45, 7) is 0. The highest BCUT2D eigenvalue weighted by atomic mass is 79.9. The van der Waals surface area contributed by atoms with Crippen molar-refractivity contribution in [2.75, 3.05) is 4.72 Å². The molecule has 0 fully saturated rings. The first-order valence-corrected chi connectivity index (χ1v) is 6.54. The maximum atomic E-state index is 11.9. The van der Waals surface area contributed by atoms with Crippen LogP contribution in [0.15, 0.2) is 50.6 Å². The Labute approximate surface area is 101 Å². The minimum absolute atomic E-state index is 0.163. The summed E-state index contributed by atoms with van der Waals surface area (Å²) in [4.78, 5) is 0.163. The van der Waals surface area contributed by atoms with Crippen molar-refractivity contribution in [1.29, 1.82) is 0 Å². The number of sulfonamides is 1. The Balaban J connectivity index is 2.37. The highest BCUT2D eigenvalue weighted by Gasteiger charge is 2.17. The van der Waals surface area contributed by atoms with E-state index < -0.39 is 10.0 Å². The standard InChI is InChI=1S/C9H7BrN2O3S/c10-8-3-1-2-4-9(8)16(13,14)12-7-5-11-15-6-7/h1-6,12H.